The molecule has 0 radical (unpaired) electrons. The second kappa shape index (κ2) is 14.1. The van der Waals surface area contributed by atoms with Gasteiger partial charge in [0.05, 0.1) is 0 Å². The second-order valence-corrected chi connectivity index (χ2v) is 22.9. The quantitative estimate of drug-likeness (QED) is 0.176. The summed E-state index contributed by atoms with van der Waals surface area (Å²) in [6.45, 7) is 16.6. The molecule has 0 bridgehead atoms. The van der Waals surface area contributed by atoms with Gasteiger partial charge in [0.25, 0.3) is 0 Å². The lowest BCUT2D eigenvalue weighted by atomic mass is 9.79. The zero-order valence-corrected chi connectivity index (χ0v) is 42.5. The van der Waals surface area contributed by atoms with Gasteiger partial charge in [-0.1, -0.05) is 138 Å². The van der Waals surface area contributed by atoms with Gasteiger partial charge in [-0.15, -0.1) is 0 Å². The van der Waals surface area contributed by atoms with Crippen LogP contribution in [-0.4, -0.2) is 0 Å². The fraction of sp³-hybridized carbons (Fsp3) is 0.143. The molecule has 354 valence electrons. The highest BCUT2D eigenvalue weighted by Crippen LogP contribution is 2.60. The van der Waals surface area contributed by atoms with E-state index in [9.17, 15) is 0 Å². The van der Waals surface area contributed by atoms with E-state index in [0.29, 0.717) is 0 Å². The number of nitrogens with zero attached hydrogens (tertiary/aromatic N) is 1. The lowest BCUT2D eigenvalue weighted by molar-refractivity contribution is 0.651. The van der Waals surface area contributed by atoms with E-state index in [4.69, 9.17) is 13.3 Å². The van der Waals surface area contributed by atoms with Gasteiger partial charge in [0.2, 0.25) is 0 Å². The van der Waals surface area contributed by atoms with Gasteiger partial charge in [0.1, 0.15) is 33.5 Å². The first-order valence-corrected chi connectivity index (χ1v) is 26.1. The Labute approximate surface area is 429 Å². The van der Waals surface area contributed by atoms with Crippen LogP contribution in [0.25, 0.3) is 110 Å². The maximum Gasteiger partial charge on any atom is 0.143 e. The minimum absolute atomic E-state index is 0.176. The van der Waals surface area contributed by atoms with E-state index in [1.807, 2.05) is 12.1 Å². The van der Waals surface area contributed by atoms with Gasteiger partial charge in [0.15, 0.2) is 0 Å². The van der Waals surface area contributed by atoms with E-state index in [2.05, 4.69) is 223 Å². The Kier molecular flexibility index (Phi) is 8.01. The zero-order valence-electron chi connectivity index (χ0n) is 42.5. The van der Waals surface area contributed by atoms with Crippen LogP contribution >= 0.6 is 0 Å². The van der Waals surface area contributed by atoms with Crippen LogP contribution in [-0.2, 0) is 16.2 Å². The number of hydrogen-bond acceptors (Lipinski definition) is 4. The molecule has 0 unspecified atom stereocenters. The van der Waals surface area contributed by atoms with E-state index in [-0.39, 0.29) is 16.2 Å². The third kappa shape index (κ3) is 5.37. The third-order valence-electron chi connectivity index (χ3n) is 17.7. The summed E-state index contributed by atoms with van der Waals surface area (Å²) in [7, 11) is 0. The van der Waals surface area contributed by atoms with Crippen molar-refractivity contribution in [3.63, 3.8) is 0 Å². The number of fused-ring (bicyclic) bond motifs is 20. The summed E-state index contributed by atoms with van der Waals surface area (Å²) in [6, 6.07) is 67.2. The molecule has 74 heavy (non-hydrogen) atoms. The molecule has 0 fully saturated rings. The van der Waals surface area contributed by atoms with E-state index in [0.717, 1.165) is 83.2 Å². The Morgan fingerprint density at radius 3 is 1.58 bits per heavy atom. The van der Waals surface area contributed by atoms with Gasteiger partial charge in [-0.05, 0) is 170 Å². The van der Waals surface area contributed by atoms with Crippen LogP contribution in [0.3, 0.4) is 0 Å². The molecule has 16 rings (SSSR count). The Morgan fingerprint density at radius 1 is 0.324 bits per heavy atom. The van der Waals surface area contributed by atoms with Crippen molar-refractivity contribution in [1.82, 2.24) is 0 Å². The molecule has 0 spiro atoms. The molecule has 3 aliphatic carbocycles. The predicted octanol–water partition coefficient (Wildman–Crippen LogP) is 19.7. The van der Waals surface area contributed by atoms with Gasteiger partial charge in [-0.25, -0.2) is 0 Å². The van der Waals surface area contributed by atoms with Gasteiger partial charge < -0.3 is 18.2 Å². The van der Waals surface area contributed by atoms with E-state index in [1.54, 1.807) is 0 Å². The summed E-state index contributed by atoms with van der Waals surface area (Å²) in [5, 5.41) is 6.93. The number of anilines is 3. The molecule has 10 aromatic carbocycles. The number of aryl methyl sites for hydroxylation is 1. The second-order valence-electron chi connectivity index (χ2n) is 22.9. The number of furan rings is 3. The zero-order chi connectivity index (χ0) is 49.7. The number of hydrogen-bond donors (Lipinski definition) is 0. The third-order valence-corrected chi connectivity index (χ3v) is 17.7. The van der Waals surface area contributed by atoms with Crippen molar-refractivity contribution < 1.29 is 13.3 Å². The number of para-hydroxylation sites is 3. The monoisotopic (exact) mass is 953 g/mol. The highest BCUT2D eigenvalue weighted by Gasteiger charge is 2.44. The molecule has 3 heterocycles. The fourth-order valence-corrected chi connectivity index (χ4v) is 13.9. The summed E-state index contributed by atoms with van der Waals surface area (Å²) >= 11 is 0. The first-order valence-electron chi connectivity index (χ1n) is 26.1. The molecular weight excluding hydrogens is 903 g/mol. The fourth-order valence-electron chi connectivity index (χ4n) is 13.9. The molecule has 4 nitrogen and oxygen atoms in total. The molecule has 0 N–H and O–H groups in total. The average molecular weight is 954 g/mol. The normalized spacial score (nSPS) is 15.3. The van der Waals surface area contributed by atoms with Crippen molar-refractivity contribution >= 4 is 82.9 Å². The minimum Gasteiger partial charge on any atom is -0.456 e. The van der Waals surface area contributed by atoms with Crippen molar-refractivity contribution in [2.45, 2.75) is 64.7 Å². The maximum absolute atomic E-state index is 6.92. The van der Waals surface area contributed by atoms with Crippen molar-refractivity contribution in [2.75, 3.05) is 4.90 Å². The lowest BCUT2D eigenvalue weighted by Gasteiger charge is -2.30. The Balaban J connectivity index is 0.848. The molecular formula is C70H51NO3. The van der Waals surface area contributed by atoms with Gasteiger partial charge in [-0.2, -0.15) is 0 Å². The van der Waals surface area contributed by atoms with Crippen molar-refractivity contribution in [1.29, 1.82) is 0 Å². The smallest absolute Gasteiger partial charge is 0.143 e. The van der Waals surface area contributed by atoms with Gasteiger partial charge in [-0.3, -0.25) is 0 Å². The average Bonchev–Trinajstić information content (AvgIpc) is 4.23. The number of benzene rings is 10. The Morgan fingerprint density at radius 2 is 0.838 bits per heavy atom. The molecule has 4 heteroatoms. The topological polar surface area (TPSA) is 42.7 Å². The van der Waals surface area contributed by atoms with Crippen LogP contribution in [0, 0.1) is 6.92 Å². The maximum atomic E-state index is 6.92. The summed E-state index contributed by atoms with van der Waals surface area (Å²) in [5.74, 6) is 0. The van der Waals surface area contributed by atoms with Crippen LogP contribution in [0.15, 0.2) is 195 Å². The summed E-state index contributed by atoms with van der Waals surface area (Å²) in [4.78, 5) is 2.47. The Bertz CT molecular complexity index is 4640. The lowest BCUT2D eigenvalue weighted by Crippen LogP contribution is -2.18. The molecule has 0 aliphatic heterocycles. The SMILES string of the molecule is Cc1ccc(N(c2ccc3c(c2)C(C)(C)c2cc4c(cc2-3)C(C)(C)c2ccc3oc5ccccc5c3c2-4)c2ccc3c(c2)C(C)(C)c2cc(-c4ccc5c(c4)oc4ccccc45)c4oc5ccccc5c4c2-3)cc1. The van der Waals surface area contributed by atoms with Crippen molar-refractivity contribution in [3.05, 3.63) is 221 Å². The highest BCUT2D eigenvalue weighted by molar-refractivity contribution is 6.20. The highest BCUT2D eigenvalue weighted by atomic mass is 16.3. The van der Waals surface area contributed by atoms with Crippen LogP contribution < -0.4 is 4.90 Å². The van der Waals surface area contributed by atoms with Crippen molar-refractivity contribution in [3.8, 4) is 44.5 Å². The minimum atomic E-state index is -0.340. The van der Waals surface area contributed by atoms with Crippen LogP contribution in [0.1, 0.15) is 80.5 Å². The van der Waals surface area contributed by atoms with Crippen LogP contribution in [0.2, 0.25) is 0 Å². The van der Waals surface area contributed by atoms with Gasteiger partial charge >= 0.3 is 0 Å². The summed E-state index contributed by atoms with van der Waals surface area (Å²) < 4.78 is 19.8. The molecule has 0 saturated heterocycles. The standard InChI is InChI=1S/C70H51NO3/c1-38-20-23-40(24-21-38)71(41-25-28-43-50-36-56-51(37-55(50)69(4,5)53(43)33-41)64-52(68(56,2)3)30-31-61-65(64)47-15-9-12-18-59(47)72-61)42-26-29-46-54(34-42)70(6,7)57-35-49(67-66(63(46)57)48-16-10-13-19-60(48)74-67)39-22-27-45-44-14-8-11-17-58(44)73-62(45)32-39/h8-37H,1-7H3. The summed E-state index contributed by atoms with van der Waals surface area (Å²) in [5.41, 5.74) is 27.2. The first-order chi connectivity index (χ1) is 35.8. The summed E-state index contributed by atoms with van der Waals surface area (Å²) in [6.07, 6.45) is 0. The van der Waals surface area contributed by atoms with E-state index in [1.165, 1.54) is 83.1 Å². The van der Waals surface area contributed by atoms with E-state index < -0.39 is 0 Å². The number of rotatable bonds is 4. The molecule has 3 aromatic heterocycles. The molecule has 0 saturated carbocycles. The molecule has 0 amide bonds. The molecule has 3 aliphatic rings. The molecule has 0 atom stereocenters. The van der Waals surface area contributed by atoms with Crippen LogP contribution in [0.4, 0.5) is 17.1 Å². The van der Waals surface area contributed by atoms with Crippen molar-refractivity contribution in [2.24, 2.45) is 0 Å². The molecule has 13 aromatic rings. The Hall–Kier alpha value is -8.60. The van der Waals surface area contributed by atoms with E-state index >= 15 is 0 Å². The first kappa shape index (κ1) is 42.0. The predicted molar refractivity (Wildman–Crippen MR) is 306 cm³/mol. The van der Waals surface area contributed by atoms with Gasteiger partial charge in [0, 0.05) is 71.2 Å². The van der Waals surface area contributed by atoms with Crippen LogP contribution in [0.5, 0.6) is 0 Å². The largest absolute Gasteiger partial charge is 0.456 e.